The van der Waals surface area contributed by atoms with Crippen LogP contribution in [-0.4, -0.2) is 48.9 Å². The first kappa shape index (κ1) is 18.9. The molecule has 1 aliphatic heterocycles. The summed E-state index contributed by atoms with van der Waals surface area (Å²) in [6, 6.07) is 0. The Balaban J connectivity index is 1.63. The van der Waals surface area contributed by atoms with Gasteiger partial charge in [-0.25, -0.2) is 0 Å². The number of carbonyl (C=O) groups is 3. The van der Waals surface area contributed by atoms with E-state index in [0.717, 1.165) is 38.7 Å². The molecular formula is C18H30N2O4. The van der Waals surface area contributed by atoms with Crippen molar-refractivity contribution in [1.82, 2.24) is 10.2 Å². The number of hydrogen-bond acceptors (Lipinski definition) is 4. The quantitative estimate of drug-likeness (QED) is 0.513. The van der Waals surface area contributed by atoms with E-state index < -0.39 is 0 Å². The molecule has 3 amide bonds. The summed E-state index contributed by atoms with van der Waals surface area (Å²) in [7, 11) is 0. The van der Waals surface area contributed by atoms with Gasteiger partial charge in [-0.1, -0.05) is 26.7 Å². The Kier molecular flexibility index (Phi) is 7.21. The fourth-order valence-corrected chi connectivity index (χ4v) is 3.47. The van der Waals surface area contributed by atoms with E-state index in [2.05, 4.69) is 19.2 Å². The zero-order valence-corrected chi connectivity index (χ0v) is 14.9. The van der Waals surface area contributed by atoms with Crippen LogP contribution in [0, 0.1) is 17.8 Å². The molecule has 24 heavy (non-hydrogen) atoms. The van der Waals surface area contributed by atoms with Crippen LogP contribution in [-0.2, 0) is 19.1 Å². The van der Waals surface area contributed by atoms with Crippen LogP contribution < -0.4 is 5.32 Å². The minimum Gasteiger partial charge on any atom is -0.381 e. The minimum absolute atomic E-state index is 0.0698. The summed E-state index contributed by atoms with van der Waals surface area (Å²) in [5.74, 6) is -0.00726. The number of nitrogens with one attached hydrogen (secondary N) is 1. The Bertz CT molecular complexity index is 440. The van der Waals surface area contributed by atoms with Gasteiger partial charge in [-0.05, 0) is 25.2 Å². The van der Waals surface area contributed by atoms with E-state index >= 15 is 0 Å². The van der Waals surface area contributed by atoms with E-state index in [-0.39, 0.29) is 42.5 Å². The first-order valence-electron chi connectivity index (χ1n) is 9.20. The first-order valence-corrected chi connectivity index (χ1v) is 9.20. The number of hydrogen-bond donors (Lipinski definition) is 1. The Morgan fingerprint density at radius 3 is 2.42 bits per heavy atom. The van der Waals surface area contributed by atoms with Gasteiger partial charge in [0, 0.05) is 32.7 Å². The van der Waals surface area contributed by atoms with Gasteiger partial charge in [-0.3, -0.25) is 19.3 Å². The molecule has 0 spiro atoms. The molecule has 0 bridgehead atoms. The topological polar surface area (TPSA) is 75.7 Å². The number of ether oxygens (including phenoxy) is 1. The lowest BCUT2D eigenvalue weighted by Crippen LogP contribution is -2.35. The summed E-state index contributed by atoms with van der Waals surface area (Å²) in [5.41, 5.74) is 0. The monoisotopic (exact) mass is 338 g/mol. The molecule has 0 aromatic rings. The Morgan fingerprint density at radius 2 is 1.83 bits per heavy atom. The van der Waals surface area contributed by atoms with Crippen LogP contribution in [0.15, 0.2) is 0 Å². The predicted molar refractivity (Wildman–Crippen MR) is 90.1 cm³/mol. The number of rotatable bonds is 9. The maximum absolute atomic E-state index is 12.3. The fourth-order valence-electron chi connectivity index (χ4n) is 3.47. The second-order valence-electron chi connectivity index (χ2n) is 7.25. The van der Waals surface area contributed by atoms with Gasteiger partial charge in [-0.15, -0.1) is 0 Å². The maximum Gasteiger partial charge on any atom is 0.233 e. The summed E-state index contributed by atoms with van der Waals surface area (Å²) in [6.45, 7) is 6.32. The molecule has 1 N–H and O–H groups in total. The highest BCUT2D eigenvalue weighted by molar-refractivity contribution is 6.05. The maximum atomic E-state index is 12.3. The lowest BCUT2D eigenvalue weighted by Gasteiger charge is -2.19. The van der Waals surface area contributed by atoms with E-state index in [1.807, 2.05) is 0 Å². The molecule has 2 rings (SSSR count). The average Bonchev–Trinajstić information content (AvgIpc) is 2.80. The lowest BCUT2D eigenvalue weighted by atomic mass is 9.81. The van der Waals surface area contributed by atoms with Gasteiger partial charge < -0.3 is 10.1 Å². The standard InChI is InChI=1S/C18H30N2O4/c1-13(2)12-24-11-5-9-19-16(21)8-10-20-17(22)14-6-3-4-7-15(14)18(20)23/h13-15H,3-12H2,1-2H3,(H,19,21). The zero-order chi connectivity index (χ0) is 17.5. The van der Waals surface area contributed by atoms with Crippen molar-refractivity contribution >= 4 is 17.7 Å². The summed E-state index contributed by atoms with van der Waals surface area (Å²) >= 11 is 0. The summed E-state index contributed by atoms with van der Waals surface area (Å²) < 4.78 is 5.45. The van der Waals surface area contributed by atoms with Crippen molar-refractivity contribution in [3.63, 3.8) is 0 Å². The third-order valence-electron chi connectivity index (χ3n) is 4.73. The van der Waals surface area contributed by atoms with Crippen LogP contribution in [0.25, 0.3) is 0 Å². The molecular weight excluding hydrogens is 308 g/mol. The van der Waals surface area contributed by atoms with Crippen LogP contribution in [0.5, 0.6) is 0 Å². The van der Waals surface area contributed by atoms with E-state index in [1.54, 1.807) is 0 Å². The highest BCUT2D eigenvalue weighted by atomic mass is 16.5. The molecule has 1 saturated carbocycles. The van der Waals surface area contributed by atoms with Crippen molar-refractivity contribution in [3.05, 3.63) is 0 Å². The number of nitrogens with zero attached hydrogens (tertiary/aromatic N) is 1. The summed E-state index contributed by atoms with van der Waals surface area (Å²) in [5, 5.41) is 2.82. The molecule has 0 aromatic heterocycles. The summed E-state index contributed by atoms with van der Waals surface area (Å²) in [6.07, 6.45) is 4.62. The van der Waals surface area contributed by atoms with Crippen LogP contribution in [0.1, 0.15) is 52.4 Å². The number of fused-ring (bicyclic) bond motifs is 1. The normalized spacial score (nSPS) is 23.7. The van der Waals surface area contributed by atoms with Crippen LogP contribution in [0.2, 0.25) is 0 Å². The molecule has 1 aliphatic carbocycles. The highest BCUT2D eigenvalue weighted by Gasteiger charge is 2.47. The van der Waals surface area contributed by atoms with Crippen molar-refractivity contribution < 1.29 is 19.1 Å². The second-order valence-corrected chi connectivity index (χ2v) is 7.25. The van der Waals surface area contributed by atoms with Crippen molar-refractivity contribution in [1.29, 1.82) is 0 Å². The molecule has 2 atom stereocenters. The van der Waals surface area contributed by atoms with Gasteiger partial charge in [0.25, 0.3) is 0 Å². The number of likely N-dealkylation sites (tertiary alicyclic amines) is 1. The molecule has 0 aromatic carbocycles. The third kappa shape index (κ3) is 5.03. The molecule has 2 fully saturated rings. The number of amides is 3. The largest absolute Gasteiger partial charge is 0.381 e. The fraction of sp³-hybridized carbons (Fsp3) is 0.833. The van der Waals surface area contributed by atoms with Gasteiger partial charge in [0.1, 0.15) is 0 Å². The molecule has 1 heterocycles. The Morgan fingerprint density at radius 1 is 1.21 bits per heavy atom. The first-order chi connectivity index (χ1) is 11.5. The van der Waals surface area contributed by atoms with Crippen LogP contribution >= 0.6 is 0 Å². The van der Waals surface area contributed by atoms with E-state index in [4.69, 9.17) is 4.74 Å². The molecule has 1 saturated heterocycles. The molecule has 0 radical (unpaired) electrons. The summed E-state index contributed by atoms with van der Waals surface area (Å²) in [4.78, 5) is 37.8. The van der Waals surface area contributed by atoms with Crippen LogP contribution in [0.3, 0.4) is 0 Å². The molecule has 6 nitrogen and oxygen atoms in total. The molecule has 6 heteroatoms. The van der Waals surface area contributed by atoms with E-state index in [9.17, 15) is 14.4 Å². The zero-order valence-electron chi connectivity index (χ0n) is 14.9. The second kappa shape index (κ2) is 9.16. The van der Waals surface area contributed by atoms with Gasteiger partial charge in [0.05, 0.1) is 11.8 Å². The molecule has 2 aliphatic rings. The smallest absolute Gasteiger partial charge is 0.233 e. The third-order valence-corrected chi connectivity index (χ3v) is 4.73. The number of imide groups is 1. The van der Waals surface area contributed by atoms with Gasteiger partial charge in [-0.2, -0.15) is 0 Å². The van der Waals surface area contributed by atoms with E-state index in [1.165, 1.54) is 4.90 Å². The van der Waals surface area contributed by atoms with Crippen molar-refractivity contribution in [2.24, 2.45) is 17.8 Å². The highest BCUT2D eigenvalue weighted by Crippen LogP contribution is 2.37. The number of carbonyl (C=O) groups excluding carboxylic acids is 3. The average molecular weight is 338 g/mol. The van der Waals surface area contributed by atoms with Crippen molar-refractivity contribution in [2.75, 3.05) is 26.3 Å². The van der Waals surface area contributed by atoms with Gasteiger partial charge >= 0.3 is 0 Å². The molecule has 136 valence electrons. The minimum atomic E-state index is -0.132. The van der Waals surface area contributed by atoms with E-state index in [0.29, 0.717) is 19.1 Å². The van der Waals surface area contributed by atoms with Crippen LogP contribution in [0.4, 0.5) is 0 Å². The van der Waals surface area contributed by atoms with Crippen molar-refractivity contribution in [3.8, 4) is 0 Å². The molecule has 2 unspecified atom stereocenters. The SMILES string of the molecule is CC(C)COCCCNC(=O)CCN1C(=O)C2CCCCC2C1=O. The van der Waals surface area contributed by atoms with Gasteiger partial charge in [0.15, 0.2) is 0 Å². The van der Waals surface area contributed by atoms with Gasteiger partial charge in [0.2, 0.25) is 17.7 Å². The predicted octanol–water partition coefficient (Wildman–Crippen LogP) is 1.73. The Labute approximate surface area is 144 Å². The Hall–Kier alpha value is -1.43. The lowest BCUT2D eigenvalue weighted by molar-refractivity contribution is -0.140. The van der Waals surface area contributed by atoms with Crippen molar-refractivity contribution in [2.45, 2.75) is 52.4 Å².